The number of likely N-dealkylation sites (tertiary alicyclic amines) is 1. The fraction of sp³-hybridized carbons (Fsp3) is 0.350. The van der Waals surface area contributed by atoms with Gasteiger partial charge in [-0.1, -0.05) is 13.8 Å². The Morgan fingerprint density at radius 1 is 1.22 bits per heavy atom. The van der Waals surface area contributed by atoms with Crippen molar-refractivity contribution in [1.82, 2.24) is 19.3 Å². The molecule has 3 heterocycles. The van der Waals surface area contributed by atoms with Gasteiger partial charge in [0.05, 0.1) is 11.9 Å². The minimum atomic E-state index is -0.387. The molecular weight excluding hydrogens is 345 g/mol. The molecule has 7 heteroatoms. The second kappa shape index (κ2) is 6.98. The summed E-state index contributed by atoms with van der Waals surface area (Å²) in [5.74, 6) is 0.456. The monoisotopic (exact) mass is 367 g/mol. The van der Waals surface area contributed by atoms with Crippen LogP contribution < -0.4 is 5.32 Å². The minimum absolute atomic E-state index is 0.150. The Hall–Kier alpha value is -2.96. The topological polar surface area (TPSA) is 62.5 Å². The van der Waals surface area contributed by atoms with Crippen molar-refractivity contribution < 1.29 is 9.18 Å². The number of rotatable bonds is 3. The molecule has 0 radical (unpaired) electrons. The highest BCUT2D eigenvalue weighted by Gasteiger charge is 2.18. The average molecular weight is 367 g/mol. The number of anilines is 1. The number of carbonyl (C=O) groups is 1. The van der Waals surface area contributed by atoms with Gasteiger partial charge < -0.3 is 10.2 Å². The molecule has 1 aromatic carbocycles. The molecule has 0 spiro atoms. The molecular formula is C20H22FN5O. The largest absolute Gasteiger partial charge is 0.325 e. The van der Waals surface area contributed by atoms with Gasteiger partial charge in [0.25, 0.3) is 0 Å². The predicted molar refractivity (Wildman–Crippen MR) is 102 cm³/mol. The Bertz CT molecular complexity index is 991. The van der Waals surface area contributed by atoms with Crippen LogP contribution in [-0.2, 0) is 0 Å². The third kappa shape index (κ3) is 3.37. The van der Waals surface area contributed by atoms with Crippen LogP contribution in [0.5, 0.6) is 0 Å². The van der Waals surface area contributed by atoms with Gasteiger partial charge in [0, 0.05) is 36.2 Å². The number of carbonyl (C=O) groups excluding carboxylic acids is 1. The smallest absolute Gasteiger partial charge is 0.321 e. The molecule has 1 N–H and O–H groups in total. The van der Waals surface area contributed by atoms with Crippen molar-refractivity contribution in [3.63, 3.8) is 0 Å². The number of amides is 2. The molecule has 1 fully saturated rings. The van der Waals surface area contributed by atoms with E-state index in [1.54, 1.807) is 29.3 Å². The van der Waals surface area contributed by atoms with E-state index >= 15 is 0 Å². The van der Waals surface area contributed by atoms with Crippen molar-refractivity contribution in [2.24, 2.45) is 0 Å². The number of hydrogen-bond donors (Lipinski definition) is 1. The van der Waals surface area contributed by atoms with Crippen LogP contribution in [0.2, 0.25) is 0 Å². The lowest BCUT2D eigenvalue weighted by Gasteiger charge is -2.16. The van der Waals surface area contributed by atoms with Crippen LogP contribution in [0.3, 0.4) is 0 Å². The SMILES string of the molecule is CC(C)c1cnc2nc(-c3cc(NC(=O)N4CCCC4)ccc3F)ccn12. The van der Waals surface area contributed by atoms with E-state index in [2.05, 4.69) is 29.1 Å². The summed E-state index contributed by atoms with van der Waals surface area (Å²) in [6.45, 7) is 5.69. The molecule has 1 aliphatic heterocycles. The predicted octanol–water partition coefficient (Wildman–Crippen LogP) is 4.29. The number of nitrogens with one attached hydrogen (secondary N) is 1. The number of nitrogens with zero attached hydrogens (tertiary/aromatic N) is 4. The number of hydrogen-bond acceptors (Lipinski definition) is 3. The van der Waals surface area contributed by atoms with Gasteiger partial charge in [0.15, 0.2) is 0 Å². The quantitative estimate of drug-likeness (QED) is 0.751. The highest BCUT2D eigenvalue weighted by molar-refractivity contribution is 5.90. The summed E-state index contributed by atoms with van der Waals surface area (Å²) in [4.78, 5) is 22.9. The second-order valence-corrected chi connectivity index (χ2v) is 7.14. The maximum absolute atomic E-state index is 14.4. The van der Waals surface area contributed by atoms with Crippen molar-refractivity contribution >= 4 is 17.5 Å². The van der Waals surface area contributed by atoms with Crippen molar-refractivity contribution in [2.45, 2.75) is 32.6 Å². The number of urea groups is 1. The van der Waals surface area contributed by atoms with Gasteiger partial charge in [-0.2, -0.15) is 0 Å². The molecule has 4 rings (SSSR count). The lowest BCUT2D eigenvalue weighted by Crippen LogP contribution is -2.32. The first-order chi connectivity index (χ1) is 13.0. The van der Waals surface area contributed by atoms with E-state index in [0.717, 1.165) is 31.6 Å². The Morgan fingerprint density at radius 3 is 2.74 bits per heavy atom. The number of benzene rings is 1. The fourth-order valence-corrected chi connectivity index (χ4v) is 3.39. The Labute approximate surface area is 157 Å². The van der Waals surface area contributed by atoms with Crippen molar-refractivity contribution in [3.8, 4) is 11.3 Å². The third-order valence-corrected chi connectivity index (χ3v) is 4.89. The standard InChI is InChI=1S/C20H22FN5O/c1-13(2)18-12-22-19-24-17(7-10-26(18)19)15-11-14(5-6-16(15)21)23-20(27)25-8-3-4-9-25/h5-7,10-13H,3-4,8-9H2,1-2H3,(H,23,27). The molecule has 6 nitrogen and oxygen atoms in total. The summed E-state index contributed by atoms with van der Waals surface area (Å²) in [6.07, 6.45) is 5.69. The van der Waals surface area contributed by atoms with Crippen molar-refractivity contribution in [3.05, 3.63) is 48.2 Å². The zero-order chi connectivity index (χ0) is 19.0. The molecule has 0 atom stereocenters. The van der Waals surface area contributed by atoms with Crippen LogP contribution in [0.1, 0.15) is 38.3 Å². The number of halogens is 1. The molecule has 3 aromatic rings. The van der Waals surface area contributed by atoms with Crippen LogP contribution in [0.4, 0.5) is 14.9 Å². The summed E-state index contributed by atoms with van der Waals surface area (Å²) in [6, 6.07) is 6.16. The molecule has 0 bridgehead atoms. The van der Waals surface area contributed by atoms with Gasteiger partial charge in [-0.15, -0.1) is 0 Å². The van der Waals surface area contributed by atoms with Crippen molar-refractivity contribution in [2.75, 3.05) is 18.4 Å². The molecule has 1 aliphatic rings. The maximum atomic E-state index is 14.4. The highest BCUT2D eigenvalue weighted by atomic mass is 19.1. The molecule has 0 unspecified atom stereocenters. The first kappa shape index (κ1) is 17.5. The van der Waals surface area contributed by atoms with E-state index in [4.69, 9.17) is 0 Å². The molecule has 27 heavy (non-hydrogen) atoms. The first-order valence-corrected chi connectivity index (χ1v) is 9.23. The van der Waals surface area contributed by atoms with Crippen LogP contribution in [0.25, 0.3) is 17.0 Å². The van der Waals surface area contributed by atoms with Gasteiger partial charge in [0.2, 0.25) is 5.78 Å². The van der Waals surface area contributed by atoms with Gasteiger partial charge in [-0.05, 0) is 43.0 Å². The van der Waals surface area contributed by atoms with Gasteiger partial charge >= 0.3 is 6.03 Å². The fourth-order valence-electron chi connectivity index (χ4n) is 3.39. The van der Waals surface area contributed by atoms with Crippen LogP contribution in [0, 0.1) is 5.82 Å². The molecule has 0 aliphatic carbocycles. The second-order valence-electron chi connectivity index (χ2n) is 7.14. The van der Waals surface area contributed by atoms with Crippen LogP contribution in [-0.4, -0.2) is 38.4 Å². The summed E-state index contributed by atoms with van der Waals surface area (Å²) in [5.41, 5.74) is 2.43. The molecule has 140 valence electrons. The van der Waals surface area contributed by atoms with E-state index in [0.29, 0.717) is 28.6 Å². The number of aromatic nitrogens is 3. The average Bonchev–Trinajstić information content (AvgIpc) is 3.32. The minimum Gasteiger partial charge on any atom is -0.325 e. The lowest BCUT2D eigenvalue weighted by molar-refractivity contribution is 0.222. The highest BCUT2D eigenvalue weighted by Crippen LogP contribution is 2.26. The van der Waals surface area contributed by atoms with Gasteiger partial charge in [-0.25, -0.2) is 19.2 Å². The zero-order valence-electron chi connectivity index (χ0n) is 15.4. The Balaban J connectivity index is 1.64. The van der Waals surface area contributed by atoms with Gasteiger partial charge in [-0.3, -0.25) is 4.40 Å². The van der Waals surface area contributed by atoms with Crippen LogP contribution in [0.15, 0.2) is 36.7 Å². The van der Waals surface area contributed by atoms with E-state index in [1.165, 1.54) is 6.07 Å². The van der Waals surface area contributed by atoms with E-state index < -0.39 is 0 Å². The maximum Gasteiger partial charge on any atom is 0.321 e. The summed E-state index contributed by atoms with van der Waals surface area (Å²) in [5, 5.41) is 2.85. The normalized spacial score (nSPS) is 14.3. The Kier molecular flexibility index (Phi) is 4.51. The van der Waals surface area contributed by atoms with Crippen molar-refractivity contribution in [1.29, 1.82) is 0 Å². The van der Waals surface area contributed by atoms with Gasteiger partial charge in [0.1, 0.15) is 5.82 Å². The van der Waals surface area contributed by atoms with E-state index in [9.17, 15) is 9.18 Å². The number of imidazole rings is 1. The van der Waals surface area contributed by atoms with E-state index in [-0.39, 0.29) is 11.8 Å². The molecule has 0 saturated carbocycles. The Morgan fingerprint density at radius 2 is 2.00 bits per heavy atom. The number of fused-ring (bicyclic) bond motifs is 1. The zero-order valence-corrected chi connectivity index (χ0v) is 15.4. The first-order valence-electron chi connectivity index (χ1n) is 9.23. The lowest BCUT2D eigenvalue weighted by atomic mass is 10.1. The summed E-state index contributed by atoms with van der Waals surface area (Å²) >= 11 is 0. The molecule has 2 aromatic heterocycles. The van der Waals surface area contributed by atoms with E-state index in [1.807, 2.05) is 10.6 Å². The molecule has 2 amide bonds. The third-order valence-electron chi connectivity index (χ3n) is 4.89. The summed E-state index contributed by atoms with van der Waals surface area (Å²) < 4.78 is 16.3. The molecule has 1 saturated heterocycles. The summed E-state index contributed by atoms with van der Waals surface area (Å²) in [7, 11) is 0. The van der Waals surface area contributed by atoms with Crippen LogP contribution >= 0.6 is 0 Å².